The number of nitrogens with zero attached hydrogens (tertiary/aromatic N) is 2. The maximum Gasteiger partial charge on any atom is 0.331 e. The molecule has 6 nitrogen and oxygen atoms in total. The van der Waals surface area contributed by atoms with Crippen LogP contribution in [0.2, 0.25) is 0 Å². The zero-order chi connectivity index (χ0) is 17.3. The number of para-hydroxylation sites is 1. The molecule has 1 atom stereocenters. The number of hydrogen-bond donors (Lipinski definition) is 1. The van der Waals surface area contributed by atoms with Crippen molar-refractivity contribution >= 4 is 11.9 Å². The van der Waals surface area contributed by atoms with Gasteiger partial charge in [-0.15, -0.1) is 0 Å². The Labute approximate surface area is 139 Å². The molecule has 2 aromatic rings. The SMILES string of the molecule is Cc1cc(C)nc(C(=O)N2CCOc3ccccc3C2C(=O)O)c1. The average molecular weight is 326 g/mol. The van der Waals surface area contributed by atoms with E-state index in [-0.39, 0.29) is 18.8 Å². The van der Waals surface area contributed by atoms with Crippen LogP contribution in [0.1, 0.15) is 33.4 Å². The lowest BCUT2D eigenvalue weighted by Crippen LogP contribution is -2.40. The van der Waals surface area contributed by atoms with Crippen LogP contribution in [-0.4, -0.2) is 40.0 Å². The number of ether oxygens (including phenoxy) is 1. The van der Waals surface area contributed by atoms with Crippen LogP contribution in [0.3, 0.4) is 0 Å². The van der Waals surface area contributed by atoms with Gasteiger partial charge in [-0.2, -0.15) is 0 Å². The lowest BCUT2D eigenvalue weighted by molar-refractivity contribution is -0.142. The van der Waals surface area contributed by atoms with E-state index in [0.29, 0.717) is 11.3 Å². The average Bonchev–Trinajstić information content (AvgIpc) is 2.72. The molecule has 0 aliphatic carbocycles. The Bertz CT molecular complexity index is 783. The predicted molar refractivity (Wildman–Crippen MR) is 87.1 cm³/mol. The molecule has 124 valence electrons. The molecule has 24 heavy (non-hydrogen) atoms. The van der Waals surface area contributed by atoms with E-state index in [1.807, 2.05) is 13.0 Å². The number of rotatable bonds is 2. The van der Waals surface area contributed by atoms with E-state index < -0.39 is 17.9 Å². The smallest absolute Gasteiger partial charge is 0.331 e. The minimum atomic E-state index is -1.10. The van der Waals surface area contributed by atoms with Gasteiger partial charge in [-0.05, 0) is 37.6 Å². The van der Waals surface area contributed by atoms with E-state index >= 15 is 0 Å². The molecule has 0 fully saturated rings. The minimum Gasteiger partial charge on any atom is -0.491 e. The third-order valence-corrected chi connectivity index (χ3v) is 3.93. The fourth-order valence-corrected chi connectivity index (χ4v) is 2.97. The van der Waals surface area contributed by atoms with Gasteiger partial charge in [-0.3, -0.25) is 4.79 Å². The lowest BCUT2D eigenvalue weighted by atomic mass is 10.0. The van der Waals surface area contributed by atoms with Crippen LogP contribution < -0.4 is 4.74 Å². The molecule has 2 heterocycles. The number of carbonyl (C=O) groups is 2. The van der Waals surface area contributed by atoms with Crippen LogP contribution in [0.4, 0.5) is 0 Å². The number of amides is 1. The summed E-state index contributed by atoms with van der Waals surface area (Å²) in [5.74, 6) is -1.01. The number of carboxylic acid groups (broad SMARTS) is 1. The first-order valence-corrected chi connectivity index (χ1v) is 7.68. The van der Waals surface area contributed by atoms with E-state index in [1.54, 1.807) is 37.3 Å². The normalized spacial score (nSPS) is 16.8. The third kappa shape index (κ3) is 2.95. The Kier molecular flexibility index (Phi) is 4.20. The van der Waals surface area contributed by atoms with E-state index in [2.05, 4.69) is 4.98 Å². The van der Waals surface area contributed by atoms with Crippen molar-refractivity contribution in [2.24, 2.45) is 0 Å². The molecule has 1 unspecified atom stereocenters. The maximum absolute atomic E-state index is 12.9. The lowest BCUT2D eigenvalue weighted by Gasteiger charge is -2.26. The quantitative estimate of drug-likeness (QED) is 0.916. The van der Waals surface area contributed by atoms with Crippen molar-refractivity contribution in [3.8, 4) is 5.75 Å². The highest BCUT2D eigenvalue weighted by atomic mass is 16.5. The molecule has 0 bridgehead atoms. The molecule has 1 N–H and O–H groups in total. The van der Waals surface area contributed by atoms with Gasteiger partial charge in [-0.1, -0.05) is 18.2 Å². The van der Waals surface area contributed by atoms with Crippen LogP contribution in [0.25, 0.3) is 0 Å². The van der Waals surface area contributed by atoms with Gasteiger partial charge in [0.2, 0.25) is 0 Å². The summed E-state index contributed by atoms with van der Waals surface area (Å²) in [4.78, 5) is 30.4. The second-order valence-electron chi connectivity index (χ2n) is 5.80. The number of aromatic nitrogens is 1. The summed E-state index contributed by atoms with van der Waals surface area (Å²) in [6.07, 6.45) is 0. The molecule has 1 aromatic heterocycles. The summed E-state index contributed by atoms with van der Waals surface area (Å²) >= 11 is 0. The number of fused-ring (bicyclic) bond motifs is 1. The Balaban J connectivity index is 2.05. The molecule has 0 saturated heterocycles. The van der Waals surface area contributed by atoms with Crippen molar-refractivity contribution in [2.75, 3.05) is 13.2 Å². The molecule has 1 aliphatic heterocycles. The summed E-state index contributed by atoms with van der Waals surface area (Å²) in [5.41, 5.74) is 2.35. The fourth-order valence-electron chi connectivity index (χ4n) is 2.97. The highest BCUT2D eigenvalue weighted by Crippen LogP contribution is 2.33. The number of pyridine rings is 1. The van der Waals surface area contributed by atoms with Crippen LogP contribution in [0.5, 0.6) is 5.75 Å². The molecule has 1 amide bonds. The van der Waals surface area contributed by atoms with Gasteiger partial charge >= 0.3 is 5.97 Å². The minimum absolute atomic E-state index is 0.180. The van der Waals surface area contributed by atoms with Gasteiger partial charge in [0.15, 0.2) is 6.04 Å². The molecular formula is C18H18N2O4. The summed E-state index contributed by atoms with van der Waals surface area (Å²) in [5, 5.41) is 9.72. The standard InChI is InChI=1S/C18H18N2O4/c1-11-9-12(2)19-14(10-11)17(21)20-7-8-24-15-6-4-3-5-13(15)16(20)18(22)23/h3-6,9-10,16H,7-8H2,1-2H3,(H,22,23). The number of aryl methyl sites for hydroxylation is 2. The van der Waals surface area contributed by atoms with Crippen LogP contribution in [-0.2, 0) is 4.79 Å². The van der Waals surface area contributed by atoms with Gasteiger partial charge in [0.1, 0.15) is 18.1 Å². The zero-order valence-electron chi connectivity index (χ0n) is 13.5. The van der Waals surface area contributed by atoms with E-state index in [0.717, 1.165) is 11.3 Å². The highest BCUT2D eigenvalue weighted by Gasteiger charge is 2.36. The molecule has 1 aromatic carbocycles. The number of hydrogen-bond acceptors (Lipinski definition) is 4. The van der Waals surface area contributed by atoms with Crippen molar-refractivity contribution in [3.05, 3.63) is 58.9 Å². The molecule has 1 aliphatic rings. The predicted octanol–water partition coefficient (Wildman–Crippen LogP) is 2.36. The number of aliphatic carboxylic acids is 1. The largest absolute Gasteiger partial charge is 0.491 e. The van der Waals surface area contributed by atoms with E-state index in [1.165, 1.54) is 4.90 Å². The van der Waals surface area contributed by atoms with E-state index in [4.69, 9.17) is 4.74 Å². The van der Waals surface area contributed by atoms with Gasteiger partial charge in [0.05, 0.1) is 6.54 Å². The summed E-state index contributed by atoms with van der Waals surface area (Å²) < 4.78 is 5.61. The summed E-state index contributed by atoms with van der Waals surface area (Å²) in [6, 6.07) is 9.35. The first-order valence-electron chi connectivity index (χ1n) is 7.68. The van der Waals surface area contributed by atoms with Crippen LogP contribution in [0.15, 0.2) is 36.4 Å². The Morgan fingerprint density at radius 1 is 1.25 bits per heavy atom. The summed E-state index contributed by atoms with van der Waals surface area (Å²) in [7, 11) is 0. The second-order valence-corrected chi connectivity index (χ2v) is 5.80. The van der Waals surface area contributed by atoms with Crippen LogP contribution >= 0.6 is 0 Å². The summed E-state index contributed by atoms with van der Waals surface area (Å²) in [6.45, 7) is 4.09. The highest BCUT2D eigenvalue weighted by molar-refractivity contribution is 5.95. The maximum atomic E-state index is 12.9. The third-order valence-electron chi connectivity index (χ3n) is 3.93. The van der Waals surface area contributed by atoms with Crippen molar-refractivity contribution < 1.29 is 19.4 Å². The van der Waals surface area contributed by atoms with Gasteiger partial charge in [0.25, 0.3) is 5.91 Å². The number of carboxylic acids is 1. The fraction of sp³-hybridized carbons (Fsp3) is 0.278. The topological polar surface area (TPSA) is 79.7 Å². The molecule has 6 heteroatoms. The first-order chi connectivity index (χ1) is 11.5. The molecule has 0 spiro atoms. The monoisotopic (exact) mass is 326 g/mol. The number of carbonyl (C=O) groups excluding carboxylic acids is 1. The number of benzene rings is 1. The van der Waals surface area contributed by atoms with Crippen molar-refractivity contribution in [3.63, 3.8) is 0 Å². The van der Waals surface area contributed by atoms with Crippen molar-refractivity contribution in [1.29, 1.82) is 0 Å². The molecular weight excluding hydrogens is 308 g/mol. The van der Waals surface area contributed by atoms with Gasteiger partial charge in [-0.25, -0.2) is 9.78 Å². The zero-order valence-corrected chi connectivity index (χ0v) is 13.5. The Morgan fingerprint density at radius 3 is 2.71 bits per heavy atom. The van der Waals surface area contributed by atoms with Gasteiger partial charge < -0.3 is 14.7 Å². The van der Waals surface area contributed by atoms with Crippen molar-refractivity contribution in [2.45, 2.75) is 19.9 Å². The molecule has 0 radical (unpaired) electrons. The first kappa shape index (κ1) is 16.0. The Hall–Kier alpha value is -2.89. The molecule has 3 rings (SSSR count). The molecule has 0 saturated carbocycles. The van der Waals surface area contributed by atoms with Gasteiger partial charge in [0, 0.05) is 11.3 Å². The van der Waals surface area contributed by atoms with E-state index in [9.17, 15) is 14.7 Å². The van der Waals surface area contributed by atoms with Crippen LogP contribution in [0, 0.1) is 13.8 Å². The second kappa shape index (κ2) is 6.31. The van der Waals surface area contributed by atoms with Crippen molar-refractivity contribution in [1.82, 2.24) is 9.88 Å². The Morgan fingerprint density at radius 2 is 2.00 bits per heavy atom.